The van der Waals surface area contributed by atoms with Gasteiger partial charge in [-0.2, -0.15) is 0 Å². The number of nitrogens with one attached hydrogen (secondary N) is 1. The summed E-state index contributed by atoms with van der Waals surface area (Å²) in [7, 11) is 3.43. The SMILES string of the molecule is CN(C)c1ccc(C(=O)Nc2cccc(-c3csc(-c4cccnc4)n3)c2)cc1[N+](=O)[O-]. The summed E-state index contributed by atoms with van der Waals surface area (Å²) >= 11 is 1.52. The summed E-state index contributed by atoms with van der Waals surface area (Å²) in [6.07, 6.45) is 3.48. The summed E-state index contributed by atoms with van der Waals surface area (Å²) in [4.78, 5) is 34.1. The lowest BCUT2D eigenvalue weighted by Crippen LogP contribution is -2.15. The first-order chi connectivity index (χ1) is 15.4. The van der Waals surface area contributed by atoms with Gasteiger partial charge in [0.05, 0.1) is 10.6 Å². The largest absolute Gasteiger partial charge is 0.372 e. The molecule has 0 aliphatic heterocycles. The molecule has 8 nitrogen and oxygen atoms in total. The summed E-state index contributed by atoms with van der Waals surface area (Å²) in [6.45, 7) is 0. The van der Waals surface area contributed by atoms with Gasteiger partial charge in [0.1, 0.15) is 10.7 Å². The number of nitro benzene ring substituents is 1. The number of hydrogen-bond acceptors (Lipinski definition) is 7. The molecule has 9 heteroatoms. The molecule has 4 rings (SSSR count). The van der Waals surface area contributed by atoms with Crippen molar-refractivity contribution in [3.8, 4) is 21.8 Å². The first-order valence-electron chi connectivity index (χ1n) is 9.66. The third-order valence-corrected chi connectivity index (χ3v) is 5.64. The molecule has 1 amide bonds. The van der Waals surface area contributed by atoms with Crippen molar-refractivity contribution in [2.45, 2.75) is 0 Å². The van der Waals surface area contributed by atoms with Crippen LogP contribution in [0.3, 0.4) is 0 Å². The van der Waals surface area contributed by atoms with Gasteiger partial charge in [-0.1, -0.05) is 12.1 Å². The fraction of sp³-hybridized carbons (Fsp3) is 0.0870. The van der Waals surface area contributed by atoms with E-state index in [0.717, 1.165) is 21.8 Å². The predicted molar refractivity (Wildman–Crippen MR) is 126 cm³/mol. The first kappa shape index (κ1) is 21.1. The predicted octanol–water partition coefficient (Wildman–Crippen LogP) is 5.10. The minimum Gasteiger partial charge on any atom is -0.372 e. The molecule has 0 aliphatic carbocycles. The topological polar surface area (TPSA) is 101 Å². The van der Waals surface area contributed by atoms with Crippen LogP contribution in [0.5, 0.6) is 0 Å². The molecule has 0 atom stereocenters. The molecule has 0 saturated heterocycles. The van der Waals surface area contributed by atoms with E-state index in [1.165, 1.54) is 17.4 Å². The second-order valence-electron chi connectivity index (χ2n) is 7.17. The quantitative estimate of drug-likeness (QED) is 0.327. The third kappa shape index (κ3) is 4.47. The van der Waals surface area contributed by atoms with E-state index in [1.54, 1.807) is 49.6 Å². The lowest BCUT2D eigenvalue weighted by atomic mass is 10.1. The van der Waals surface area contributed by atoms with Crippen LogP contribution < -0.4 is 10.2 Å². The minimum absolute atomic E-state index is 0.123. The third-order valence-electron chi connectivity index (χ3n) is 4.74. The lowest BCUT2D eigenvalue weighted by molar-refractivity contribution is -0.384. The Morgan fingerprint density at radius 2 is 1.91 bits per heavy atom. The number of carbonyl (C=O) groups excluding carboxylic acids is 1. The zero-order chi connectivity index (χ0) is 22.7. The summed E-state index contributed by atoms with van der Waals surface area (Å²) in [5.74, 6) is -0.426. The number of carbonyl (C=O) groups is 1. The Morgan fingerprint density at radius 1 is 1.09 bits per heavy atom. The highest BCUT2D eigenvalue weighted by atomic mass is 32.1. The van der Waals surface area contributed by atoms with Crippen LogP contribution in [0.2, 0.25) is 0 Å². The van der Waals surface area contributed by atoms with Gasteiger partial charge in [-0.25, -0.2) is 4.98 Å². The second-order valence-corrected chi connectivity index (χ2v) is 8.03. The average molecular weight is 446 g/mol. The van der Waals surface area contributed by atoms with Crippen molar-refractivity contribution >= 4 is 34.3 Å². The van der Waals surface area contributed by atoms with Crippen LogP contribution in [0.4, 0.5) is 17.1 Å². The number of rotatable bonds is 6. The second kappa shape index (κ2) is 8.94. The maximum absolute atomic E-state index is 12.7. The molecule has 0 unspecified atom stereocenters. The van der Waals surface area contributed by atoms with Gasteiger partial charge < -0.3 is 10.2 Å². The maximum atomic E-state index is 12.7. The number of nitrogens with zero attached hydrogens (tertiary/aromatic N) is 4. The van der Waals surface area contributed by atoms with E-state index in [2.05, 4.69) is 15.3 Å². The molecule has 0 aliphatic rings. The Kier molecular flexibility index (Phi) is 5.91. The van der Waals surface area contributed by atoms with E-state index in [-0.39, 0.29) is 11.3 Å². The summed E-state index contributed by atoms with van der Waals surface area (Å²) < 4.78 is 0. The van der Waals surface area contributed by atoms with Gasteiger partial charge in [0.2, 0.25) is 0 Å². The van der Waals surface area contributed by atoms with Gasteiger partial charge in [0.15, 0.2) is 0 Å². The van der Waals surface area contributed by atoms with Gasteiger partial charge in [-0.05, 0) is 36.4 Å². The fourth-order valence-electron chi connectivity index (χ4n) is 3.18. The number of nitro groups is 1. The number of pyridine rings is 1. The highest BCUT2D eigenvalue weighted by Gasteiger charge is 2.19. The van der Waals surface area contributed by atoms with Crippen molar-refractivity contribution < 1.29 is 9.72 Å². The molecule has 2 aromatic carbocycles. The van der Waals surface area contributed by atoms with Crippen LogP contribution in [0.15, 0.2) is 72.4 Å². The molecule has 2 aromatic heterocycles. The van der Waals surface area contributed by atoms with E-state index >= 15 is 0 Å². The zero-order valence-electron chi connectivity index (χ0n) is 17.4. The Labute approximate surface area is 188 Å². The standard InChI is InChI=1S/C23H19N5O3S/c1-27(2)20-9-8-16(12-21(20)28(30)31)22(29)25-18-7-3-5-15(11-18)19-14-32-23(26-19)17-6-4-10-24-13-17/h3-14H,1-2H3,(H,25,29). The van der Waals surface area contributed by atoms with Crippen molar-refractivity contribution in [1.82, 2.24) is 9.97 Å². The van der Waals surface area contributed by atoms with Crippen LogP contribution in [-0.4, -0.2) is 34.9 Å². The lowest BCUT2D eigenvalue weighted by Gasteiger charge is -2.13. The molecule has 0 bridgehead atoms. The molecule has 2 heterocycles. The van der Waals surface area contributed by atoms with E-state index in [1.807, 2.05) is 35.7 Å². The molecular weight excluding hydrogens is 426 g/mol. The Morgan fingerprint density at radius 3 is 2.62 bits per heavy atom. The molecule has 32 heavy (non-hydrogen) atoms. The highest BCUT2D eigenvalue weighted by Crippen LogP contribution is 2.30. The summed E-state index contributed by atoms with van der Waals surface area (Å²) in [6, 6.07) is 15.6. The van der Waals surface area contributed by atoms with Crippen LogP contribution in [0, 0.1) is 10.1 Å². The van der Waals surface area contributed by atoms with E-state index in [0.29, 0.717) is 11.4 Å². The van der Waals surface area contributed by atoms with E-state index < -0.39 is 10.8 Å². The Balaban J connectivity index is 1.56. The molecule has 0 saturated carbocycles. The molecular formula is C23H19N5O3S. The zero-order valence-corrected chi connectivity index (χ0v) is 18.2. The number of benzene rings is 2. The van der Waals surface area contributed by atoms with Crippen molar-refractivity contribution in [3.05, 3.63) is 88.0 Å². The normalized spacial score (nSPS) is 10.6. The molecule has 0 fully saturated rings. The maximum Gasteiger partial charge on any atom is 0.293 e. The van der Waals surface area contributed by atoms with Gasteiger partial charge in [-0.15, -0.1) is 11.3 Å². The highest BCUT2D eigenvalue weighted by molar-refractivity contribution is 7.13. The number of anilines is 2. The summed E-state index contributed by atoms with van der Waals surface area (Å²) in [5.41, 5.74) is 3.67. The smallest absolute Gasteiger partial charge is 0.293 e. The van der Waals surface area contributed by atoms with Crippen molar-refractivity contribution in [3.63, 3.8) is 0 Å². The molecule has 160 valence electrons. The van der Waals surface area contributed by atoms with Crippen LogP contribution in [-0.2, 0) is 0 Å². The number of aromatic nitrogens is 2. The van der Waals surface area contributed by atoms with Crippen molar-refractivity contribution in [2.75, 3.05) is 24.3 Å². The number of hydrogen-bond donors (Lipinski definition) is 1. The first-order valence-corrected chi connectivity index (χ1v) is 10.5. The molecule has 0 spiro atoms. The van der Waals surface area contributed by atoms with Gasteiger partial charge >= 0.3 is 0 Å². The average Bonchev–Trinajstić information content (AvgIpc) is 3.30. The van der Waals surface area contributed by atoms with Gasteiger partial charge in [0, 0.05) is 60.3 Å². The Hall–Kier alpha value is -4.11. The van der Waals surface area contributed by atoms with Crippen LogP contribution >= 0.6 is 11.3 Å². The van der Waals surface area contributed by atoms with Crippen LogP contribution in [0.25, 0.3) is 21.8 Å². The molecule has 1 N–H and O–H groups in total. The molecule has 4 aromatic rings. The van der Waals surface area contributed by atoms with Gasteiger partial charge in [0.25, 0.3) is 11.6 Å². The van der Waals surface area contributed by atoms with Gasteiger partial charge in [-0.3, -0.25) is 19.9 Å². The number of thiazole rings is 1. The van der Waals surface area contributed by atoms with E-state index in [4.69, 9.17) is 0 Å². The Bertz CT molecular complexity index is 1290. The fourth-order valence-corrected chi connectivity index (χ4v) is 4.00. The van der Waals surface area contributed by atoms with Crippen molar-refractivity contribution in [2.24, 2.45) is 0 Å². The van der Waals surface area contributed by atoms with Crippen LogP contribution in [0.1, 0.15) is 10.4 Å². The number of amides is 1. The van der Waals surface area contributed by atoms with E-state index in [9.17, 15) is 14.9 Å². The minimum atomic E-state index is -0.491. The monoisotopic (exact) mass is 445 g/mol. The van der Waals surface area contributed by atoms with Crippen molar-refractivity contribution in [1.29, 1.82) is 0 Å². The molecule has 0 radical (unpaired) electrons. The summed E-state index contributed by atoms with van der Waals surface area (Å²) in [5, 5.41) is 17.0.